The molecule has 0 bridgehead atoms. The third-order valence-electron chi connectivity index (χ3n) is 1.39. The molecule has 0 aromatic rings. The predicted octanol–water partition coefficient (Wildman–Crippen LogP) is -2.59. The van der Waals surface area contributed by atoms with E-state index >= 15 is 0 Å². The number of nitrogens with two attached hydrogens (primary N) is 4. The Morgan fingerprint density at radius 1 is 0.520 bits per heavy atom. The van der Waals surface area contributed by atoms with E-state index in [0.717, 1.165) is 0 Å². The summed E-state index contributed by atoms with van der Waals surface area (Å²) in [4.78, 5) is 37.7. The molecular weight excluding hydrogens is 448 g/mol. The molecule has 13 heteroatoms. The van der Waals surface area contributed by atoms with E-state index in [1.807, 2.05) is 0 Å². The number of hydrogen-bond donors (Lipinski definition) is 8. The van der Waals surface area contributed by atoms with E-state index in [-0.39, 0.29) is 17.1 Å². The van der Waals surface area contributed by atoms with Gasteiger partial charge in [-0.2, -0.15) is 50.5 Å². The summed E-state index contributed by atoms with van der Waals surface area (Å²) in [5.74, 6) is 1.51. The third kappa shape index (κ3) is 45.5. The standard InChI is InChI=1S/4C3H6NOS.Fe/c4*4-3(1-5)2-6;/h4*3,6H,2,4H2;/q4*-1;+4. The monoisotopic (exact) mass is 472 g/mol. The minimum absolute atomic E-state index is 0. The van der Waals surface area contributed by atoms with E-state index in [2.05, 4.69) is 50.5 Å². The van der Waals surface area contributed by atoms with Crippen LogP contribution in [0.3, 0.4) is 0 Å². The van der Waals surface area contributed by atoms with Crippen LogP contribution in [-0.4, -0.2) is 72.3 Å². The van der Waals surface area contributed by atoms with Gasteiger partial charge in [-0.15, -0.1) is 0 Å². The zero-order valence-electron chi connectivity index (χ0n) is 13.2. The molecule has 0 saturated carbocycles. The summed E-state index contributed by atoms with van der Waals surface area (Å²) in [6.45, 7) is 0. The van der Waals surface area contributed by atoms with Crippen molar-refractivity contribution in [2.24, 2.45) is 22.9 Å². The summed E-state index contributed by atoms with van der Waals surface area (Å²) in [6.07, 6.45) is 6.26. The van der Waals surface area contributed by atoms with Crippen LogP contribution in [0, 0.1) is 0 Å². The van der Waals surface area contributed by atoms with Crippen molar-refractivity contribution in [1.29, 1.82) is 0 Å². The molecule has 0 saturated heterocycles. The van der Waals surface area contributed by atoms with E-state index in [1.165, 1.54) is 0 Å². The van der Waals surface area contributed by atoms with Crippen LogP contribution >= 0.6 is 50.5 Å². The summed E-state index contributed by atoms with van der Waals surface area (Å²) >= 11 is 14.8. The normalized spacial score (nSPS) is 13.1. The molecule has 0 aliphatic heterocycles. The number of hydrogen-bond acceptors (Lipinski definition) is 12. The zero-order chi connectivity index (χ0) is 20.0. The maximum absolute atomic E-state index is 9.44. The maximum atomic E-state index is 9.44. The van der Waals surface area contributed by atoms with Crippen LogP contribution in [0.4, 0.5) is 0 Å². The van der Waals surface area contributed by atoms with Crippen LogP contribution in [0.15, 0.2) is 0 Å². The molecule has 148 valence electrons. The van der Waals surface area contributed by atoms with Crippen LogP contribution in [-0.2, 0) is 36.2 Å². The second kappa shape index (κ2) is 32.1. The number of thiol groups is 4. The van der Waals surface area contributed by atoms with Gasteiger partial charge >= 0.3 is 17.1 Å². The van der Waals surface area contributed by atoms with Gasteiger partial charge < -0.3 is 42.1 Å². The van der Waals surface area contributed by atoms with Crippen molar-refractivity contribution in [2.75, 3.05) is 23.0 Å². The first-order valence-corrected chi connectivity index (χ1v) is 8.73. The fourth-order valence-electron chi connectivity index (χ4n) is 0.149. The van der Waals surface area contributed by atoms with Gasteiger partial charge in [0.25, 0.3) is 0 Å². The molecule has 0 aromatic carbocycles. The fourth-order valence-corrected chi connectivity index (χ4v) is 0.447. The first-order valence-electron chi connectivity index (χ1n) is 6.20. The van der Waals surface area contributed by atoms with Crippen molar-refractivity contribution in [3.63, 3.8) is 0 Å². The quantitative estimate of drug-likeness (QED) is 0.108. The zero-order valence-corrected chi connectivity index (χ0v) is 17.9. The van der Waals surface area contributed by atoms with Gasteiger partial charge in [-0.25, -0.2) is 25.1 Å². The molecule has 0 heterocycles. The smallest absolute Gasteiger partial charge is 0.540 e. The first-order chi connectivity index (χ1) is 11.2. The van der Waals surface area contributed by atoms with Crippen LogP contribution in [0.2, 0.25) is 0 Å². The maximum Gasteiger partial charge on any atom is 4.00 e. The van der Waals surface area contributed by atoms with Gasteiger partial charge in [-0.05, 0) is 23.0 Å². The molecule has 0 aliphatic carbocycles. The Kier molecular flexibility index (Phi) is 46.8. The van der Waals surface area contributed by atoms with Gasteiger partial charge in [-0.3, -0.25) is 0 Å². The molecule has 0 aliphatic rings. The Morgan fingerprint density at radius 2 is 0.640 bits per heavy atom. The minimum atomic E-state index is -0.506. The van der Waals surface area contributed by atoms with E-state index in [9.17, 15) is 19.2 Å². The molecule has 8 nitrogen and oxygen atoms in total. The van der Waals surface area contributed by atoms with E-state index in [1.54, 1.807) is 25.1 Å². The molecule has 0 rings (SSSR count). The summed E-state index contributed by atoms with van der Waals surface area (Å²) in [5.41, 5.74) is 19.9. The van der Waals surface area contributed by atoms with Crippen LogP contribution < -0.4 is 22.9 Å². The molecule has 25 heavy (non-hydrogen) atoms. The predicted molar refractivity (Wildman–Crippen MR) is 110 cm³/mol. The van der Waals surface area contributed by atoms with Crippen molar-refractivity contribution in [1.82, 2.24) is 0 Å². The molecule has 0 spiro atoms. The summed E-state index contributed by atoms with van der Waals surface area (Å²) < 4.78 is 0. The summed E-state index contributed by atoms with van der Waals surface area (Å²) in [7, 11) is 0. The average molecular weight is 472 g/mol. The second-order valence-electron chi connectivity index (χ2n) is 3.63. The third-order valence-corrected chi connectivity index (χ3v) is 2.97. The van der Waals surface area contributed by atoms with Gasteiger partial charge in [0.1, 0.15) is 0 Å². The Morgan fingerprint density at radius 3 is 0.640 bits per heavy atom. The number of carbonyl (C=O) groups excluding carboxylic acids is 4. The average Bonchev–Trinajstić information content (AvgIpc) is 2.66. The molecule has 0 radical (unpaired) electrons. The molecular formula is C12H24FeN4O4S4. The summed E-state index contributed by atoms with van der Waals surface area (Å²) in [5, 5.41) is 0. The Bertz CT molecular complexity index is 254. The fraction of sp³-hybridized carbons (Fsp3) is 0.667. The summed E-state index contributed by atoms with van der Waals surface area (Å²) in [6, 6.07) is -2.02. The van der Waals surface area contributed by atoms with Crippen LogP contribution in [0.25, 0.3) is 0 Å². The largest absolute Gasteiger partial charge is 4.00 e. The minimum Gasteiger partial charge on any atom is -0.540 e. The van der Waals surface area contributed by atoms with Gasteiger partial charge in [0, 0.05) is 0 Å². The van der Waals surface area contributed by atoms with E-state index in [4.69, 9.17) is 22.9 Å². The number of rotatable bonds is 8. The van der Waals surface area contributed by atoms with E-state index < -0.39 is 24.2 Å². The van der Waals surface area contributed by atoms with Crippen molar-refractivity contribution in [2.45, 2.75) is 24.2 Å². The van der Waals surface area contributed by atoms with Crippen molar-refractivity contribution >= 4 is 75.7 Å². The molecule has 4 unspecified atom stereocenters. The van der Waals surface area contributed by atoms with Crippen molar-refractivity contribution < 1.29 is 36.2 Å². The van der Waals surface area contributed by atoms with Crippen molar-refractivity contribution in [3.8, 4) is 0 Å². The second-order valence-corrected chi connectivity index (χ2v) is 5.09. The molecule has 0 amide bonds. The van der Waals surface area contributed by atoms with Crippen LogP contribution in [0.5, 0.6) is 0 Å². The molecule has 8 N–H and O–H groups in total. The van der Waals surface area contributed by atoms with Gasteiger partial charge in [0.05, 0.1) is 0 Å². The first kappa shape index (κ1) is 36.4. The van der Waals surface area contributed by atoms with Gasteiger partial charge in [0.15, 0.2) is 0 Å². The SMILES string of the molecule is NC([C-]=O)CS.NC([C-]=O)CS.NC([C-]=O)CS.NC([C-]=O)CS.[Fe+4]. The van der Waals surface area contributed by atoms with Crippen LogP contribution in [0.1, 0.15) is 0 Å². The van der Waals surface area contributed by atoms with E-state index in [0.29, 0.717) is 23.0 Å². The van der Waals surface area contributed by atoms with Gasteiger partial charge in [-0.1, -0.05) is 24.2 Å². The Balaban J connectivity index is -0.0000000702. The Labute approximate surface area is 181 Å². The molecule has 0 fully saturated rings. The molecule has 4 atom stereocenters. The topological polar surface area (TPSA) is 172 Å². The van der Waals surface area contributed by atoms with Gasteiger partial charge in [0.2, 0.25) is 0 Å². The molecule has 0 aromatic heterocycles. The Hall–Kier alpha value is 0.439. The van der Waals surface area contributed by atoms with Crippen molar-refractivity contribution in [3.05, 3.63) is 0 Å².